The third kappa shape index (κ3) is 4.05. The predicted octanol–water partition coefficient (Wildman–Crippen LogP) is 2.18. The van der Waals surface area contributed by atoms with E-state index < -0.39 is 0 Å². The van der Waals surface area contributed by atoms with Crippen LogP contribution in [0.15, 0.2) is 12.1 Å². The van der Waals surface area contributed by atoms with E-state index in [4.69, 9.17) is 4.74 Å². The Labute approximate surface area is 127 Å². The van der Waals surface area contributed by atoms with E-state index in [1.54, 1.807) is 0 Å². The van der Waals surface area contributed by atoms with Crippen molar-refractivity contribution in [3.63, 3.8) is 0 Å². The van der Waals surface area contributed by atoms with Crippen LogP contribution in [0.5, 0.6) is 5.75 Å². The Morgan fingerprint density at radius 3 is 2.57 bits per heavy atom. The zero-order valence-corrected chi connectivity index (χ0v) is 13.4. The summed E-state index contributed by atoms with van der Waals surface area (Å²) in [6.45, 7) is 11.0. The van der Waals surface area contributed by atoms with Gasteiger partial charge in [-0.3, -0.25) is 9.69 Å². The van der Waals surface area contributed by atoms with Crippen LogP contribution in [0.2, 0.25) is 0 Å². The number of nitrogens with zero attached hydrogens (tertiary/aromatic N) is 1. The molecule has 4 nitrogen and oxygen atoms in total. The van der Waals surface area contributed by atoms with Crippen LogP contribution < -0.4 is 10.1 Å². The van der Waals surface area contributed by atoms with Crippen molar-refractivity contribution in [3.8, 4) is 5.75 Å². The maximum absolute atomic E-state index is 12.7. The van der Waals surface area contributed by atoms with Crippen molar-refractivity contribution >= 4 is 5.78 Å². The molecule has 0 spiro atoms. The number of piperazine rings is 1. The van der Waals surface area contributed by atoms with E-state index >= 15 is 0 Å². The van der Waals surface area contributed by atoms with Gasteiger partial charge in [-0.25, -0.2) is 0 Å². The smallest absolute Gasteiger partial charge is 0.180 e. The lowest BCUT2D eigenvalue weighted by Crippen LogP contribution is -2.45. The summed E-state index contributed by atoms with van der Waals surface area (Å²) in [7, 11) is 0. The van der Waals surface area contributed by atoms with Crippen LogP contribution in [0.25, 0.3) is 0 Å². The molecule has 0 radical (unpaired) electrons. The van der Waals surface area contributed by atoms with Gasteiger partial charge in [-0.15, -0.1) is 0 Å². The van der Waals surface area contributed by atoms with Crippen LogP contribution in [-0.2, 0) is 0 Å². The number of benzene rings is 1. The molecule has 0 aromatic heterocycles. The summed E-state index contributed by atoms with van der Waals surface area (Å²) < 4.78 is 5.86. The molecule has 0 atom stereocenters. The highest BCUT2D eigenvalue weighted by molar-refractivity contribution is 6.01. The van der Waals surface area contributed by atoms with E-state index in [0.29, 0.717) is 13.2 Å². The first-order valence-electron chi connectivity index (χ1n) is 7.82. The Hall–Kier alpha value is -1.39. The molecule has 1 fully saturated rings. The molecular weight excluding hydrogens is 264 g/mol. The number of hydrogen-bond acceptors (Lipinski definition) is 4. The second kappa shape index (κ2) is 7.57. The van der Waals surface area contributed by atoms with Crippen LogP contribution in [-0.4, -0.2) is 50.0 Å². The number of hydrogen-bond donors (Lipinski definition) is 1. The second-order valence-corrected chi connectivity index (χ2v) is 5.70. The van der Waals surface area contributed by atoms with Crippen LogP contribution in [0.3, 0.4) is 0 Å². The van der Waals surface area contributed by atoms with Gasteiger partial charge in [-0.05, 0) is 31.4 Å². The molecule has 21 heavy (non-hydrogen) atoms. The zero-order chi connectivity index (χ0) is 15.2. The average Bonchev–Trinajstić information content (AvgIpc) is 2.48. The van der Waals surface area contributed by atoms with E-state index in [1.165, 1.54) is 0 Å². The quantitative estimate of drug-likeness (QED) is 0.815. The normalized spacial score (nSPS) is 16.0. The van der Waals surface area contributed by atoms with Gasteiger partial charge < -0.3 is 10.1 Å². The van der Waals surface area contributed by atoms with Gasteiger partial charge in [0.15, 0.2) is 5.78 Å². The predicted molar refractivity (Wildman–Crippen MR) is 85.3 cm³/mol. The van der Waals surface area contributed by atoms with E-state index in [-0.39, 0.29) is 5.78 Å². The zero-order valence-electron chi connectivity index (χ0n) is 13.4. The summed E-state index contributed by atoms with van der Waals surface area (Å²) in [5.41, 5.74) is 2.81. The highest BCUT2D eigenvalue weighted by Crippen LogP contribution is 2.27. The molecule has 0 unspecified atom stereocenters. The molecule has 1 aliphatic rings. The standard InChI is InChI=1S/C17H26N2O2/c1-4-11-21-17-14(3)6-5-13(2)16(17)15(20)12-19-9-7-18-8-10-19/h5-6,18H,4,7-12H2,1-3H3. The van der Waals surface area contributed by atoms with E-state index in [0.717, 1.165) is 55.0 Å². The largest absolute Gasteiger partial charge is 0.493 e. The van der Waals surface area contributed by atoms with Gasteiger partial charge in [0.2, 0.25) is 0 Å². The molecule has 0 amide bonds. The van der Waals surface area contributed by atoms with Crippen molar-refractivity contribution in [2.75, 3.05) is 39.3 Å². The van der Waals surface area contributed by atoms with Gasteiger partial charge in [-0.2, -0.15) is 0 Å². The molecule has 0 bridgehead atoms. The molecule has 1 aromatic rings. The molecule has 0 aliphatic carbocycles. The Kier molecular flexibility index (Phi) is 5.76. The van der Waals surface area contributed by atoms with E-state index in [1.807, 2.05) is 26.0 Å². The fourth-order valence-corrected chi connectivity index (χ4v) is 2.67. The summed E-state index contributed by atoms with van der Waals surface area (Å²) in [6, 6.07) is 4.04. The monoisotopic (exact) mass is 290 g/mol. The number of carbonyl (C=O) groups excluding carboxylic acids is 1. The average molecular weight is 290 g/mol. The second-order valence-electron chi connectivity index (χ2n) is 5.70. The molecule has 2 rings (SSSR count). The minimum atomic E-state index is 0.171. The number of ether oxygens (including phenoxy) is 1. The van der Waals surface area contributed by atoms with Crippen molar-refractivity contribution in [2.45, 2.75) is 27.2 Å². The van der Waals surface area contributed by atoms with Gasteiger partial charge in [0.05, 0.1) is 18.7 Å². The molecular formula is C17H26N2O2. The van der Waals surface area contributed by atoms with Crippen molar-refractivity contribution < 1.29 is 9.53 Å². The first kappa shape index (κ1) is 16.0. The minimum absolute atomic E-state index is 0.171. The lowest BCUT2D eigenvalue weighted by atomic mass is 9.99. The summed E-state index contributed by atoms with van der Waals surface area (Å²) in [6.07, 6.45) is 0.943. The molecule has 1 N–H and O–H groups in total. The van der Waals surface area contributed by atoms with Crippen LogP contribution in [0, 0.1) is 13.8 Å². The van der Waals surface area contributed by atoms with Crippen molar-refractivity contribution in [2.24, 2.45) is 0 Å². The maximum atomic E-state index is 12.7. The third-order valence-corrected chi connectivity index (χ3v) is 3.87. The summed E-state index contributed by atoms with van der Waals surface area (Å²) in [5, 5.41) is 3.31. The lowest BCUT2D eigenvalue weighted by molar-refractivity contribution is 0.0916. The van der Waals surface area contributed by atoms with E-state index in [9.17, 15) is 4.79 Å². The highest BCUT2D eigenvalue weighted by Gasteiger charge is 2.21. The van der Waals surface area contributed by atoms with Gasteiger partial charge in [-0.1, -0.05) is 19.1 Å². The number of nitrogens with one attached hydrogen (secondary N) is 1. The molecule has 1 heterocycles. The van der Waals surface area contributed by atoms with Crippen molar-refractivity contribution in [1.29, 1.82) is 0 Å². The summed E-state index contributed by atoms with van der Waals surface area (Å²) in [4.78, 5) is 14.9. The third-order valence-electron chi connectivity index (χ3n) is 3.87. The fraction of sp³-hybridized carbons (Fsp3) is 0.588. The van der Waals surface area contributed by atoms with Gasteiger partial charge in [0, 0.05) is 26.2 Å². The Morgan fingerprint density at radius 2 is 1.90 bits per heavy atom. The van der Waals surface area contributed by atoms with Crippen molar-refractivity contribution in [1.82, 2.24) is 10.2 Å². The molecule has 1 aromatic carbocycles. The first-order chi connectivity index (χ1) is 10.1. The lowest BCUT2D eigenvalue weighted by Gasteiger charge is -2.27. The van der Waals surface area contributed by atoms with Gasteiger partial charge in [0.1, 0.15) is 5.75 Å². The minimum Gasteiger partial charge on any atom is -0.493 e. The SMILES string of the molecule is CCCOc1c(C)ccc(C)c1C(=O)CN1CCNCC1. The number of aryl methyl sites for hydroxylation is 2. The highest BCUT2D eigenvalue weighted by atomic mass is 16.5. The molecule has 116 valence electrons. The number of ketones is 1. The molecule has 1 aliphatic heterocycles. The van der Waals surface area contributed by atoms with Crippen molar-refractivity contribution in [3.05, 3.63) is 28.8 Å². The molecule has 0 saturated carbocycles. The van der Waals surface area contributed by atoms with Crippen LogP contribution >= 0.6 is 0 Å². The Balaban J connectivity index is 2.19. The van der Waals surface area contributed by atoms with Crippen LogP contribution in [0.1, 0.15) is 34.8 Å². The maximum Gasteiger partial charge on any atom is 0.180 e. The Morgan fingerprint density at radius 1 is 1.24 bits per heavy atom. The number of rotatable bonds is 6. The fourth-order valence-electron chi connectivity index (χ4n) is 2.67. The number of carbonyl (C=O) groups is 1. The van der Waals surface area contributed by atoms with Gasteiger partial charge >= 0.3 is 0 Å². The van der Waals surface area contributed by atoms with Crippen LogP contribution in [0.4, 0.5) is 0 Å². The molecule has 1 saturated heterocycles. The summed E-state index contributed by atoms with van der Waals surface area (Å²) >= 11 is 0. The Bertz CT molecular complexity index is 494. The first-order valence-corrected chi connectivity index (χ1v) is 7.82. The molecule has 4 heteroatoms. The topological polar surface area (TPSA) is 41.6 Å². The number of Topliss-reactive ketones (excluding diaryl/α,β-unsaturated/α-hetero) is 1. The van der Waals surface area contributed by atoms with E-state index in [2.05, 4.69) is 17.1 Å². The summed E-state index contributed by atoms with van der Waals surface area (Å²) in [5.74, 6) is 0.946. The van der Waals surface area contributed by atoms with Gasteiger partial charge in [0.25, 0.3) is 0 Å².